The summed E-state index contributed by atoms with van der Waals surface area (Å²) < 4.78 is 0.722. The van der Waals surface area contributed by atoms with Crippen molar-refractivity contribution >= 4 is 39.1 Å². The number of nitrogens with one attached hydrogen (secondary N) is 1. The maximum absolute atomic E-state index is 12.3. The SMILES string of the molecule is CCCCN1Cc2cc(NCc3ccc(Br)nc3Cl)ccc2C1=O. The van der Waals surface area contributed by atoms with Gasteiger partial charge in [0.2, 0.25) is 0 Å². The maximum Gasteiger partial charge on any atom is 0.254 e. The zero-order valence-corrected chi connectivity index (χ0v) is 15.8. The highest BCUT2D eigenvalue weighted by Gasteiger charge is 2.26. The molecular formula is C18H19BrClN3O. The van der Waals surface area contributed by atoms with Crippen LogP contribution in [0.25, 0.3) is 0 Å². The maximum atomic E-state index is 12.3. The third kappa shape index (κ3) is 3.73. The number of hydrogen-bond acceptors (Lipinski definition) is 3. The Morgan fingerprint density at radius 3 is 2.92 bits per heavy atom. The quantitative estimate of drug-likeness (QED) is 0.694. The summed E-state index contributed by atoms with van der Waals surface area (Å²) >= 11 is 9.45. The van der Waals surface area contributed by atoms with Crippen LogP contribution in [0.15, 0.2) is 34.9 Å². The molecule has 0 unspecified atom stereocenters. The van der Waals surface area contributed by atoms with Crippen molar-refractivity contribution in [3.8, 4) is 0 Å². The first-order valence-corrected chi connectivity index (χ1v) is 9.22. The molecule has 3 rings (SSSR count). The standard InChI is InChI=1S/C18H19BrClN3O/c1-2-3-8-23-11-13-9-14(5-6-15(13)18(23)24)21-10-12-4-7-16(19)22-17(12)20/h4-7,9,21H,2-3,8,10-11H2,1H3. The van der Waals surface area contributed by atoms with Crippen molar-refractivity contribution in [3.05, 3.63) is 56.8 Å². The molecule has 1 aromatic heterocycles. The van der Waals surface area contributed by atoms with Gasteiger partial charge in [-0.2, -0.15) is 0 Å². The Balaban J connectivity index is 1.68. The molecule has 0 radical (unpaired) electrons. The van der Waals surface area contributed by atoms with E-state index in [2.05, 4.69) is 39.2 Å². The van der Waals surface area contributed by atoms with Crippen LogP contribution in [-0.4, -0.2) is 22.3 Å². The molecule has 0 fully saturated rings. The van der Waals surface area contributed by atoms with E-state index in [1.807, 2.05) is 29.2 Å². The van der Waals surface area contributed by atoms with Gasteiger partial charge in [0, 0.05) is 36.4 Å². The second-order valence-electron chi connectivity index (χ2n) is 5.89. The molecule has 24 heavy (non-hydrogen) atoms. The van der Waals surface area contributed by atoms with Crippen molar-refractivity contribution in [1.29, 1.82) is 0 Å². The number of amides is 1. The first kappa shape index (κ1) is 17.2. The highest BCUT2D eigenvalue weighted by Crippen LogP contribution is 2.26. The number of nitrogens with zero attached hydrogens (tertiary/aromatic N) is 2. The van der Waals surface area contributed by atoms with E-state index < -0.39 is 0 Å². The molecule has 6 heteroatoms. The molecule has 0 saturated heterocycles. The van der Waals surface area contributed by atoms with Gasteiger partial charge in [0.25, 0.3) is 5.91 Å². The largest absolute Gasteiger partial charge is 0.381 e. The number of unbranched alkanes of at least 4 members (excludes halogenated alkanes) is 1. The van der Waals surface area contributed by atoms with Crippen LogP contribution in [0.2, 0.25) is 5.15 Å². The summed E-state index contributed by atoms with van der Waals surface area (Å²) in [7, 11) is 0. The molecule has 1 aromatic carbocycles. The second kappa shape index (κ2) is 7.53. The number of hydrogen-bond donors (Lipinski definition) is 1. The van der Waals surface area contributed by atoms with Crippen LogP contribution in [0.1, 0.15) is 41.3 Å². The van der Waals surface area contributed by atoms with E-state index in [9.17, 15) is 4.79 Å². The molecule has 0 bridgehead atoms. The Morgan fingerprint density at radius 1 is 1.33 bits per heavy atom. The van der Waals surface area contributed by atoms with Crippen LogP contribution in [0.4, 0.5) is 5.69 Å². The lowest BCUT2D eigenvalue weighted by molar-refractivity contribution is 0.0776. The first-order chi connectivity index (χ1) is 11.6. The van der Waals surface area contributed by atoms with Crippen molar-refractivity contribution in [2.45, 2.75) is 32.9 Å². The third-order valence-corrected chi connectivity index (χ3v) is 4.91. The Bertz CT molecular complexity index is 766. The minimum absolute atomic E-state index is 0.144. The van der Waals surface area contributed by atoms with Crippen LogP contribution < -0.4 is 5.32 Å². The van der Waals surface area contributed by atoms with Crippen molar-refractivity contribution in [2.24, 2.45) is 0 Å². The number of benzene rings is 1. The molecule has 1 N–H and O–H groups in total. The van der Waals surface area contributed by atoms with E-state index in [4.69, 9.17) is 11.6 Å². The van der Waals surface area contributed by atoms with Gasteiger partial charge in [-0.1, -0.05) is 31.0 Å². The Hall–Kier alpha value is -1.59. The summed E-state index contributed by atoms with van der Waals surface area (Å²) in [6.45, 7) is 4.25. The molecule has 1 aliphatic heterocycles. The summed E-state index contributed by atoms with van der Waals surface area (Å²) in [6.07, 6.45) is 2.13. The predicted molar refractivity (Wildman–Crippen MR) is 100 cm³/mol. The van der Waals surface area contributed by atoms with Gasteiger partial charge in [0.05, 0.1) is 0 Å². The molecule has 0 atom stereocenters. The Kier molecular flexibility index (Phi) is 5.41. The highest BCUT2D eigenvalue weighted by molar-refractivity contribution is 9.10. The van der Waals surface area contributed by atoms with E-state index in [0.717, 1.165) is 46.4 Å². The lowest BCUT2D eigenvalue weighted by atomic mass is 10.1. The molecule has 1 aliphatic rings. The lowest BCUT2D eigenvalue weighted by Gasteiger charge is -2.14. The molecule has 0 saturated carbocycles. The molecule has 2 heterocycles. The first-order valence-electron chi connectivity index (χ1n) is 8.05. The number of fused-ring (bicyclic) bond motifs is 1. The fourth-order valence-electron chi connectivity index (χ4n) is 2.79. The van der Waals surface area contributed by atoms with Gasteiger partial charge >= 0.3 is 0 Å². The van der Waals surface area contributed by atoms with Crippen molar-refractivity contribution < 1.29 is 4.79 Å². The van der Waals surface area contributed by atoms with Crippen LogP contribution in [0.5, 0.6) is 0 Å². The molecule has 2 aromatic rings. The van der Waals surface area contributed by atoms with Gasteiger partial charge in [-0.05, 0) is 52.2 Å². The van der Waals surface area contributed by atoms with Gasteiger partial charge in [-0.15, -0.1) is 0 Å². The monoisotopic (exact) mass is 407 g/mol. The predicted octanol–water partition coefficient (Wildman–Crippen LogP) is 4.87. The number of rotatable bonds is 6. The van der Waals surface area contributed by atoms with E-state index in [-0.39, 0.29) is 5.91 Å². The minimum Gasteiger partial charge on any atom is -0.381 e. The zero-order valence-electron chi connectivity index (χ0n) is 13.5. The third-order valence-electron chi connectivity index (χ3n) is 4.14. The average Bonchev–Trinajstić information content (AvgIpc) is 2.88. The Labute approximate surface area is 155 Å². The minimum atomic E-state index is 0.144. The van der Waals surface area contributed by atoms with E-state index in [1.54, 1.807) is 0 Å². The second-order valence-corrected chi connectivity index (χ2v) is 7.06. The number of halogens is 2. The average molecular weight is 409 g/mol. The van der Waals surface area contributed by atoms with Gasteiger partial charge in [0.15, 0.2) is 0 Å². The summed E-state index contributed by atoms with van der Waals surface area (Å²) in [6, 6.07) is 9.72. The topological polar surface area (TPSA) is 45.2 Å². The zero-order chi connectivity index (χ0) is 17.1. The number of carbonyl (C=O) groups is 1. The van der Waals surface area contributed by atoms with Crippen LogP contribution >= 0.6 is 27.5 Å². The van der Waals surface area contributed by atoms with Gasteiger partial charge < -0.3 is 10.2 Å². The molecule has 0 aliphatic carbocycles. The molecule has 0 spiro atoms. The fourth-order valence-corrected chi connectivity index (χ4v) is 3.42. The van der Waals surface area contributed by atoms with Crippen LogP contribution in [0.3, 0.4) is 0 Å². The molecule has 126 valence electrons. The normalized spacial score (nSPS) is 13.3. The lowest BCUT2D eigenvalue weighted by Crippen LogP contribution is -2.24. The van der Waals surface area contributed by atoms with E-state index >= 15 is 0 Å². The van der Waals surface area contributed by atoms with Crippen molar-refractivity contribution in [2.75, 3.05) is 11.9 Å². The van der Waals surface area contributed by atoms with E-state index in [1.165, 1.54) is 0 Å². The van der Waals surface area contributed by atoms with E-state index in [0.29, 0.717) is 18.2 Å². The summed E-state index contributed by atoms with van der Waals surface area (Å²) in [5.74, 6) is 0.144. The molecular weight excluding hydrogens is 390 g/mol. The smallest absolute Gasteiger partial charge is 0.254 e. The Morgan fingerprint density at radius 2 is 2.17 bits per heavy atom. The van der Waals surface area contributed by atoms with Crippen molar-refractivity contribution in [3.63, 3.8) is 0 Å². The summed E-state index contributed by atoms with van der Waals surface area (Å²) in [5, 5.41) is 3.84. The fraction of sp³-hybridized carbons (Fsp3) is 0.333. The van der Waals surface area contributed by atoms with Crippen LogP contribution in [-0.2, 0) is 13.1 Å². The number of carbonyl (C=O) groups excluding carboxylic acids is 1. The van der Waals surface area contributed by atoms with Gasteiger partial charge in [0.1, 0.15) is 9.76 Å². The van der Waals surface area contributed by atoms with Gasteiger partial charge in [-0.25, -0.2) is 4.98 Å². The van der Waals surface area contributed by atoms with Crippen LogP contribution in [0, 0.1) is 0 Å². The van der Waals surface area contributed by atoms with Gasteiger partial charge in [-0.3, -0.25) is 4.79 Å². The number of anilines is 1. The number of aromatic nitrogens is 1. The molecule has 1 amide bonds. The summed E-state index contributed by atoms with van der Waals surface area (Å²) in [5.41, 5.74) is 3.82. The highest BCUT2D eigenvalue weighted by atomic mass is 79.9. The number of pyridine rings is 1. The molecule has 4 nitrogen and oxygen atoms in total. The summed E-state index contributed by atoms with van der Waals surface area (Å²) in [4.78, 5) is 18.5. The van der Waals surface area contributed by atoms with Crippen molar-refractivity contribution in [1.82, 2.24) is 9.88 Å².